The molecule has 27 nitrogen and oxygen atoms in total. The maximum Gasteiger partial charge on any atom is 0.326 e. The van der Waals surface area contributed by atoms with Crippen molar-refractivity contribution in [2.75, 3.05) is 13.1 Å². The molecule has 2 aromatic carbocycles. The SMILES string of the molecule is CC[C@H](C)[C@H](NC(=O)[C@H](CC(C)C)NC(=O)[C@H](CC(C)C)NC(=O)[C@H](CCC(=O)O)NC(=O)[C@H](Cc1ccc(O)cc1)NC(=O)[C@H](Cc1ccccc1)NC(=O)[C@@H](N)CCC(N)=O)C(=O)N[C@@H](CCCCN)C(=O)NCC(=O)N[C@@H](CC(C)C)C(=O)O. The Morgan fingerprint density at radius 1 is 0.483 bits per heavy atom. The van der Waals surface area contributed by atoms with Gasteiger partial charge in [-0.1, -0.05) is 104 Å². The minimum absolute atomic E-state index is 0.0291. The molecule has 0 saturated carbocycles. The Kier molecular flexibility index (Phi) is 33.4. The molecular formula is C60H94N12O15. The lowest BCUT2D eigenvalue weighted by molar-refractivity contribution is -0.142. The highest BCUT2D eigenvalue weighted by Gasteiger charge is 2.37. The average molecular weight is 1220 g/mol. The van der Waals surface area contributed by atoms with Gasteiger partial charge in [-0.25, -0.2) is 4.79 Å². The number of hydrogen-bond donors (Lipinski definition) is 15. The zero-order valence-electron chi connectivity index (χ0n) is 51.3. The second-order valence-corrected chi connectivity index (χ2v) is 23.2. The van der Waals surface area contributed by atoms with E-state index in [2.05, 4.69) is 47.9 Å². The molecular weight excluding hydrogens is 1130 g/mol. The van der Waals surface area contributed by atoms with Gasteiger partial charge in [-0.3, -0.25) is 52.7 Å². The zero-order chi connectivity index (χ0) is 65.5. The molecule has 0 aliphatic heterocycles. The Morgan fingerprint density at radius 2 is 0.931 bits per heavy atom. The van der Waals surface area contributed by atoms with Crippen molar-refractivity contribution in [2.24, 2.45) is 40.9 Å². The summed E-state index contributed by atoms with van der Waals surface area (Å²) in [5.41, 5.74) is 18.0. The van der Waals surface area contributed by atoms with Gasteiger partial charge in [0, 0.05) is 25.7 Å². The van der Waals surface area contributed by atoms with E-state index in [1.54, 1.807) is 85.7 Å². The van der Waals surface area contributed by atoms with E-state index in [-0.39, 0.29) is 81.4 Å². The number of aromatic hydroxyl groups is 1. The van der Waals surface area contributed by atoms with Crippen molar-refractivity contribution in [3.05, 3.63) is 65.7 Å². The summed E-state index contributed by atoms with van der Waals surface area (Å²) in [6.07, 6.45) is -0.391. The van der Waals surface area contributed by atoms with E-state index >= 15 is 0 Å². The third-order valence-corrected chi connectivity index (χ3v) is 14.1. The van der Waals surface area contributed by atoms with Crippen molar-refractivity contribution in [1.29, 1.82) is 0 Å². The second kappa shape index (κ2) is 38.8. The fourth-order valence-electron chi connectivity index (χ4n) is 9.08. The number of carbonyl (C=O) groups is 12. The van der Waals surface area contributed by atoms with Gasteiger partial charge < -0.3 is 80.4 Å². The summed E-state index contributed by atoms with van der Waals surface area (Å²) in [5.74, 6) is -12.1. The Hall–Kier alpha value is -8.20. The molecule has 0 bridgehead atoms. The third kappa shape index (κ3) is 29.2. The van der Waals surface area contributed by atoms with E-state index in [9.17, 15) is 72.9 Å². The molecule has 0 unspecified atom stereocenters. The number of carboxylic acid groups (broad SMARTS) is 2. The molecule has 10 amide bonds. The first-order chi connectivity index (χ1) is 40.9. The van der Waals surface area contributed by atoms with Crippen molar-refractivity contribution in [2.45, 2.75) is 193 Å². The number of phenols is 1. The van der Waals surface area contributed by atoms with Crippen LogP contribution in [0.2, 0.25) is 0 Å². The van der Waals surface area contributed by atoms with Gasteiger partial charge >= 0.3 is 11.9 Å². The van der Waals surface area contributed by atoms with E-state index in [0.29, 0.717) is 30.4 Å². The van der Waals surface area contributed by atoms with Gasteiger partial charge in [-0.15, -0.1) is 0 Å². The second-order valence-electron chi connectivity index (χ2n) is 23.2. The van der Waals surface area contributed by atoms with Crippen LogP contribution in [0.3, 0.4) is 0 Å². The first-order valence-electron chi connectivity index (χ1n) is 29.6. The standard InChI is InChI=1S/C60H94N12O15/c1-9-36(8)51(59(85)67-41(17-13-14-26-61)53(79)64-32-49(75)65-47(60(86)87)29-35(6)7)72-58(84)44(28-34(4)5)70-55(81)43(27-33(2)3)69-54(80)42(23-25-50(76)77)66-56(82)46(31-38-18-20-39(73)21-19-38)71-57(83)45(30-37-15-11-10-12-16-37)68-52(78)40(62)22-24-48(63)74/h10-12,15-16,18-21,33-36,40-47,51,73H,9,13-14,17,22-32,61-62H2,1-8H3,(H2,63,74)(H,64,79)(H,65,75)(H,66,82)(H,67,85)(H,68,78)(H,69,80)(H,70,81)(H,71,83)(H,72,84)(H,76,77)(H,86,87)/t36-,40-,41-,42-,43-,44-,45-,46-,47-,51-/m0/s1. The van der Waals surface area contributed by atoms with E-state index in [0.717, 1.165) is 0 Å². The Labute approximate surface area is 508 Å². The number of carbonyl (C=O) groups excluding carboxylic acids is 10. The maximum atomic E-state index is 14.5. The predicted molar refractivity (Wildman–Crippen MR) is 322 cm³/mol. The number of amides is 10. The molecule has 18 N–H and O–H groups in total. The summed E-state index contributed by atoms with van der Waals surface area (Å²) in [7, 11) is 0. The fraction of sp³-hybridized carbons (Fsp3) is 0.600. The highest BCUT2D eigenvalue weighted by atomic mass is 16.4. The average Bonchev–Trinajstić information content (AvgIpc) is 3.29. The van der Waals surface area contributed by atoms with Gasteiger partial charge in [0.15, 0.2) is 0 Å². The minimum Gasteiger partial charge on any atom is -0.508 e. The van der Waals surface area contributed by atoms with Gasteiger partial charge in [0.25, 0.3) is 0 Å². The Balaban J connectivity index is 2.49. The highest BCUT2D eigenvalue weighted by Crippen LogP contribution is 2.17. The van der Waals surface area contributed by atoms with E-state index in [4.69, 9.17) is 17.2 Å². The zero-order valence-corrected chi connectivity index (χ0v) is 51.3. The molecule has 87 heavy (non-hydrogen) atoms. The lowest BCUT2D eigenvalue weighted by atomic mass is 9.95. The fourth-order valence-corrected chi connectivity index (χ4v) is 9.08. The number of unbranched alkanes of at least 4 members (excludes halogenated alkanes) is 1. The number of nitrogens with one attached hydrogen (secondary N) is 9. The molecule has 0 saturated heterocycles. The van der Waals surface area contributed by atoms with Crippen LogP contribution in [0.15, 0.2) is 54.6 Å². The van der Waals surface area contributed by atoms with Crippen LogP contribution in [0.25, 0.3) is 0 Å². The summed E-state index contributed by atoms with van der Waals surface area (Å²) < 4.78 is 0. The number of nitrogens with two attached hydrogens (primary N) is 3. The molecule has 0 fully saturated rings. The largest absolute Gasteiger partial charge is 0.508 e. The molecule has 0 spiro atoms. The predicted octanol–water partition coefficient (Wildman–Crippen LogP) is 0.0276. The van der Waals surface area contributed by atoms with Crippen molar-refractivity contribution in [3.63, 3.8) is 0 Å². The summed E-state index contributed by atoms with van der Waals surface area (Å²) in [6, 6.07) is 1.99. The smallest absolute Gasteiger partial charge is 0.326 e. The van der Waals surface area contributed by atoms with Crippen LogP contribution in [-0.2, 0) is 70.4 Å². The van der Waals surface area contributed by atoms with Crippen LogP contribution < -0.4 is 65.1 Å². The number of benzene rings is 2. The van der Waals surface area contributed by atoms with Gasteiger partial charge in [0.2, 0.25) is 59.1 Å². The van der Waals surface area contributed by atoms with E-state index in [1.165, 1.54) is 24.3 Å². The number of primary amides is 1. The number of aliphatic carboxylic acids is 2. The summed E-state index contributed by atoms with van der Waals surface area (Å²) in [6.45, 7) is 13.8. The van der Waals surface area contributed by atoms with Gasteiger partial charge in [0.1, 0.15) is 54.1 Å². The van der Waals surface area contributed by atoms with Crippen molar-refractivity contribution < 1.29 is 72.9 Å². The molecule has 0 aliphatic rings. The van der Waals surface area contributed by atoms with Crippen LogP contribution in [-0.4, -0.2) is 154 Å². The quantitative estimate of drug-likeness (QED) is 0.0391. The van der Waals surface area contributed by atoms with Crippen LogP contribution in [0.5, 0.6) is 5.75 Å². The lowest BCUT2D eigenvalue weighted by Gasteiger charge is -2.30. The maximum absolute atomic E-state index is 14.5. The van der Waals surface area contributed by atoms with Crippen LogP contribution in [0, 0.1) is 23.7 Å². The normalized spacial score (nSPS) is 14.7. The molecule has 0 heterocycles. The Bertz CT molecular complexity index is 2610. The number of rotatable bonds is 41. The molecule has 10 atom stereocenters. The molecule has 0 aliphatic carbocycles. The first-order valence-corrected chi connectivity index (χ1v) is 29.6. The third-order valence-electron chi connectivity index (χ3n) is 14.1. The molecule has 0 aromatic heterocycles. The van der Waals surface area contributed by atoms with E-state index in [1.807, 2.05) is 0 Å². The van der Waals surface area contributed by atoms with Gasteiger partial charge in [-0.2, -0.15) is 0 Å². The summed E-state index contributed by atoms with van der Waals surface area (Å²) in [5, 5.41) is 52.8. The van der Waals surface area contributed by atoms with Gasteiger partial charge in [0.05, 0.1) is 12.6 Å². The number of phenolic OH excluding ortho intramolecular Hbond substituents is 1. The van der Waals surface area contributed by atoms with Crippen molar-refractivity contribution in [1.82, 2.24) is 47.9 Å². The monoisotopic (exact) mass is 1220 g/mol. The molecule has 2 aromatic rings. The van der Waals surface area contributed by atoms with Crippen LogP contribution in [0.1, 0.15) is 137 Å². The van der Waals surface area contributed by atoms with Crippen molar-refractivity contribution in [3.8, 4) is 5.75 Å². The van der Waals surface area contributed by atoms with Crippen molar-refractivity contribution >= 4 is 71.0 Å². The Morgan fingerprint density at radius 3 is 1.43 bits per heavy atom. The molecule has 0 radical (unpaired) electrons. The van der Waals surface area contributed by atoms with Gasteiger partial charge in [-0.05, 0) is 105 Å². The first kappa shape index (κ1) is 74.9. The van der Waals surface area contributed by atoms with Crippen LogP contribution >= 0.6 is 0 Å². The highest BCUT2D eigenvalue weighted by molar-refractivity contribution is 5.98. The topological polar surface area (TPSA) is 452 Å². The summed E-state index contributed by atoms with van der Waals surface area (Å²) >= 11 is 0. The molecule has 484 valence electrons. The van der Waals surface area contributed by atoms with Crippen LogP contribution in [0.4, 0.5) is 0 Å². The number of carboxylic acids is 2. The number of hydrogen-bond acceptors (Lipinski definition) is 15. The summed E-state index contributed by atoms with van der Waals surface area (Å²) in [4.78, 5) is 161. The van der Waals surface area contributed by atoms with E-state index < -0.39 is 151 Å². The molecule has 2 rings (SSSR count). The lowest BCUT2D eigenvalue weighted by Crippen LogP contribution is -2.61. The molecule has 27 heteroatoms. The minimum atomic E-state index is -1.65.